The van der Waals surface area contributed by atoms with Crippen LogP contribution in [0.15, 0.2) is 18.3 Å². The summed E-state index contributed by atoms with van der Waals surface area (Å²) in [6.07, 6.45) is 1.07. The Balaban J connectivity index is 3.02. The summed E-state index contributed by atoms with van der Waals surface area (Å²) >= 11 is 0. The fourth-order valence-corrected chi connectivity index (χ4v) is 1.18. The Morgan fingerprint density at radius 3 is 2.41 bits per heavy atom. The molecule has 1 aromatic rings. The van der Waals surface area contributed by atoms with Crippen molar-refractivity contribution in [3.63, 3.8) is 0 Å². The van der Waals surface area contributed by atoms with Gasteiger partial charge in [-0.3, -0.25) is 0 Å². The molecule has 0 aliphatic carbocycles. The van der Waals surface area contributed by atoms with Gasteiger partial charge < -0.3 is 14.7 Å². The minimum atomic E-state index is -0.770. The van der Waals surface area contributed by atoms with Gasteiger partial charge in [0.25, 0.3) is 0 Å². The van der Waals surface area contributed by atoms with Crippen LogP contribution in [-0.4, -0.2) is 25.2 Å². The normalized spacial score (nSPS) is 9.76. The van der Waals surface area contributed by atoms with Crippen molar-refractivity contribution in [1.82, 2.24) is 0 Å². The lowest BCUT2D eigenvalue weighted by atomic mass is 10.2. The van der Waals surface area contributed by atoms with Gasteiger partial charge in [0.2, 0.25) is 0 Å². The maximum absolute atomic E-state index is 11.4. The molecule has 6 nitrogen and oxygen atoms in total. The lowest BCUT2D eigenvalue weighted by Gasteiger charge is -2.05. The Morgan fingerprint density at radius 1 is 1.24 bits per heavy atom. The minimum Gasteiger partial charge on any atom is -0.618 e. The van der Waals surface area contributed by atoms with Gasteiger partial charge in [0.05, 0.1) is 18.8 Å². The number of pyridine rings is 1. The summed E-state index contributed by atoms with van der Waals surface area (Å²) in [5, 5.41) is 11.3. The molecule has 0 aromatic carbocycles. The Kier molecular flexibility index (Phi) is 4.45. The summed E-state index contributed by atoms with van der Waals surface area (Å²) < 4.78 is 9.80. The van der Waals surface area contributed by atoms with Crippen LogP contribution in [0.1, 0.15) is 34.7 Å². The fourth-order valence-electron chi connectivity index (χ4n) is 1.18. The molecular weight excluding hydrogens is 226 g/mol. The van der Waals surface area contributed by atoms with E-state index in [1.54, 1.807) is 13.8 Å². The molecule has 1 rings (SSSR count). The first kappa shape index (κ1) is 13.0. The number of aromatic nitrogens is 1. The third-order valence-corrected chi connectivity index (χ3v) is 1.91. The highest BCUT2D eigenvalue weighted by Crippen LogP contribution is 2.04. The van der Waals surface area contributed by atoms with Gasteiger partial charge >= 0.3 is 17.6 Å². The van der Waals surface area contributed by atoms with Crippen molar-refractivity contribution in [3.05, 3.63) is 34.8 Å². The molecular formula is C11H13NO5. The second kappa shape index (κ2) is 5.83. The highest BCUT2D eigenvalue weighted by atomic mass is 16.5. The molecule has 0 aliphatic heterocycles. The highest BCUT2D eigenvalue weighted by Gasteiger charge is 2.20. The zero-order chi connectivity index (χ0) is 12.8. The largest absolute Gasteiger partial charge is 0.618 e. The second-order valence-electron chi connectivity index (χ2n) is 3.07. The molecule has 6 heteroatoms. The molecule has 0 radical (unpaired) electrons. The average Bonchev–Trinajstić information content (AvgIpc) is 2.30. The van der Waals surface area contributed by atoms with Crippen LogP contribution in [0, 0.1) is 5.21 Å². The molecule has 0 saturated heterocycles. The summed E-state index contributed by atoms with van der Waals surface area (Å²) in [5.41, 5.74) is -0.0978. The van der Waals surface area contributed by atoms with E-state index in [0.29, 0.717) is 4.73 Å². The van der Waals surface area contributed by atoms with Crippen LogP contribution in [0.2, 0.25) is 0 Å². The molecule has 0 saturated carbocycles. The summed E-state index contributed by atoms with van der Waals surface area (Å²) in [6, 6.07) is 2.44. The molecule has 0 aliphatic rings. The van der Waals surface area contributed by atoms with Crippen LogP contribution in [-0.2, 0) is 9.47 Å². The average molecular weight is 239 g/mol. The van der Waals surface area contributed by atoms with Crippen molar-refractivity contribution in [2.75, 3.05) is 13.2 Å². The van der Waals surface area contributed by atoms with E-state index in [9.17, 15) is 14.8 Å². The van der Waals surface area contributed by atoms with Crippen molar-refractivity contribution in [1.29, 1.82) is 0 Å². The van der Waals surface area contributed by atoms with E-state index in [1.807, 2.05) is 0 Å². The van der Waals surface area contributed by atoms with E-state index in [4.69, 9.17) is 9.47 Å². The predicted octanol–water partition coefficient (Wildman–Crippen LogP) is 0.673. The van der Waals surface area contributed by atoms with Gasteiger partial charge in [0.15, 0.2) is 6.20 Å². The third-order valence-electron chi connectivity index (χ3n) is 1.91. The Bertz CT molecular complexity index is 430. The first-order chi connectivity index (χ1) is 8.10. The smallest absolute Gasteiger partial charge is 0.405 e. The molecule has 0 amide bonds. The molecule has 92 valence electrons. The molecule has 0 unspecified atom stereocenters. The van der Waals surface area contributed by atoms with Crippen LogP contribution >= 0.6 is 0 Å². The maximum Gasteiger partial charge on any atom is 0.405 e. The van der Waals surface area contributed by atoms with E-state index in [1.165, 1.54) is 6.07 Å². The number of rotatable bonds is 4. The molecule has 0 fully saturated rings. The summed E-state index contributed by atoms with van der Waals surface area (Å²) in [5.74, 6) is -1.35. The number of hydrogen-bond donors (Lipinski definition) is 0. The number of esters is 2. The van der Waals surface area contributed by atoms with E-state index in [2.05, 4.69) is 0 Å². The zero-order valence-electron chi connectivity index (χ0n) is 9.63. The number of carbonyl (C=O) groups is 2. The standard InChI is InChI=1S/C11H13NO5/c1-3-16-10(13)8-5-6-12(15)9(7-8)11(14)17-4-2/h5-7H,3-4H2,1-2H3. The van der Waals surface area contributed by atoms with E-state index in [0.717, 1.165) is 12.3 Å². The van der Waals surface area contributed by atoms with Crippen molar-refractivity contribution in [2.45, 2.75) is 13.8 Å². The first-order valence-electron chi connectivity index (χ1n) is 5.17. The van der Waals surface area contributed by atoms with Gasteiger partial charge in [-0.05, 0) is 13.8 Å². The van der Waals surface area contributed by atoms with Gasteiger partial charge in [-0.15, -0.1) is 0 Å². The molecule has 0 N–H and O–H groups in total. The van der Waals surface area contributed by atoms with Crippen molar-refractivity contribution >= 4 is 11.9 Å². The molecule has 17 heavy (non-hydrogen) atoms. The minimum absolute atomic E-state index is 0.141. The summed E-state index contributed by atoms with van der Waals surface area (Å²) in [7, 11) is 0. The first-order valence-corrected chi connectivity index (χ1v) is 5.17. The maximum atomic E-state index is 11.4. The van der Waals surface area contributed by atoms with E-state index < -0.39 is 11.9 Å². The van der Waals surface area contributed by atoms with Gasteiger partial charge in [-0.25, -0.2) is 9.59 Å². The van der Waals surface area contributed by atoms with Crippen LogP contribution in [0.4, 0.5) is 0 Å². The van der Waals surface area contributed by atoms with Gasteiger partial charge in [0.1, 0.15) is 0 Å². The zero-order valence-corrected chi connectivity index (χ0v) is 9.63. The Hall–Kier alpha value is -2.11. The van der Waals surface area contributed by atoms with Gasteiger partial charge in [-0.1, -0.05) is 0 Å². The van der Waals surface area contributed by atoms with Gasteiger partial charge in [0, 0.05) is 12.1 Å². The number of nitrogens with zero attached hydrogens (tertiary/aromatic N) is 1. The Morgan fingerprint density at radius 2 is 1.82 bits per heavy atom. The number of hydrogen-bond acceptors (Lipinski definition) is 5. The summed E-state index contributed by atoms with van der Waals surface area (Å²) in [4.78, 5) is 22.8. The lowest BCUT2D eigenvalue weighted by molar-refractivity contribution is -0.608. The molecule has 1 aromatic heterocycles. The SMILES string of the molecule is CCOC(=O)c1cc[n+]([O-])c(C(=O)OCC)c1. The second-order valence-corrected chi connectivity index (χ2v) is 3.07. The van der Waals surface area contributed by atoms with Crippen molar-refractivity contribution < 1.29 is 23.8 Å². The van der Waals surface area contributed by atoms with Gasteiger partial charge in [-0.2, -0.15) is 4.73 Å². The third kappa shape index (κ3) is 3.17. The number of ether oxygens (including phenoxy) is 2. The summed E-state index contributed by atoms with van der Waals surface area (Å²) in [6.45, 7) is 3.67. The Labute approximate surface area is 98.3 Å². The molecule has 0 atom stereocenters. The quantitative estimate of drug-likeness (QED) is 0.438. The fraction of sp³-hybridized carbons (Fsp3) is 0.364. The number of carbonyl (C=O) groups excluding carboxylic acids is 2. The monoisotopic (exact) mass is 239 g/mol. The lowest BCUT2D eigenvalue weighted by Crippen LogP contribution is -2.35. The van der Waals surface area contributed by atoms with Crippen LogP contribution in [0.3, 0.4) is 0 Å². The molecule has 1 heterocycles. The van der Waals surface area contributed by atoms with E-state index >= 15 is 0 Å². The topological polar surface area (TPSA) is 79.5 Å². The highest BCUT2D eigenvalue weighted by molar-refractivity contribution is 5.93. The molecule has 0 bridgehead atoms. The van der Waals surface area contributed by atoms with E-state index in [-0.39, 0.29) is 24.5 Å². The van der Waals surface area contributed by atoms with Crippen LogP contribution in [0.5, 0.6) is 0 Å². The van der Waals surface area contributed by atoms with Crippen LogP contribution in [0.25, 0.3) is 0 Å². The van der Waals surface area contributed by atoms with Crippen LogP contribution < -0.4 is 4.73 Å². The molecule has 0 spiro atoms. The van der Waals surface area contributed by atoms with Crippen molar-refractivity contribution in [2.24, 2.45) is 0 Å². The van der Waals surface area contributed by atoms with Crippen molar-refractivity contribution in [3.8, 4) is 0 Å². The predicted molar refractivity (Wildman–Crippen MR) is 57.3 cm³/mol.